The number of alkyl halides is 3. The molecule has 0 heterocycles. The molecule has 136 valence electrons. The third-order valence-corrected chi connectivity index (χ3v) is 4.70. The van der Waals surface area contributed by atoms with Crippen LogP contribution in [0.15, 0.2) is 18.2 Å². The van der Waals surface area contributed by atoms with E-state index >= 15 is 0 Å². The average molecular weight is 376 g/mol. The molecular formula is C16H15F3O5S. The first kappa shape index (κ1) is 19.3. The predicted octanol–water partition coefficient (Wildman–Crippen LogP) is 2.37. The lowest BCUT2D eigenvalue weighted by atomic mass is 9.80. The van der Waals surface area contributed by atoms with Crippen LogP contribution in [0.5, 0.6) is 0 Å². The van der Waals surface area contributed by atoms with Crippen molar-refractivity contribution in [3.05, 3.63) is 34.9 Å². The van der Waals surface area contributed by atoms with Crippen LogP contribution in [0, 0.1) is 5.92 Å². The van der Waals surface area contributed by atoms with Gasteiger partial charge in [0.25, 0.3) is 0 Å². The summed E-state index contributed by atoms with van der Waals surface area (Å²) in [5, 5.41) is 0. The smallest absolute Gasteiger partial charge is 0.298 e. The van der Waals surface area contributed by atoms with E-state index in [-0.39, 0.29) is 24.0 Å². The minimum absolute atomic E-state index is 0.0319. The van der Waals surface area contributed by atoms with Gasteiger partial charge in [-0.1, -0.05) is 6.07 Å². The van der Waals surface area contributed by atoms with Gasteiger partial charge < -0.3 is 0 Å². The van der Waals surface area contributed by atoms with Gasteiger partial charge in [0.05, 0.1) is 11.3 Å². The molecule has 0 N–H and O–H groups in total. The van der Waals surface area contributed by atoms with Crippen molar-refractivity contribution in [2.24, 2.45) is 5.92 Å². The van der Waals surface area contributed by atoms with E-state index in [1.54, 1.807) is 0 Å². The van der Waals surface area contributed by atoms with Crippen LogP contribution in [0.25, 0.3) is 0 Å². The van der Waals surface area contributed by atoms with Crippen molar-refractivity contribution in [3.63, 3.8) is 0 Å². The first-order valence-corrected chi connectivity index (χ1v) is 9.43. The molecule has 25 heavy (non-hydrogen) atoms. The van der Waals surface area contributed by atoms with Gasteiger partial charge in [-0.3, -0.25) is 14.4 Å². The van der Waals surface area contributed by atoms with Crippen LogP contribution >= 0.6 is 0 Å². The SMILES string of the molecule is CS(=O)(=O)Cc1cc(C(F)(F)F)ccc1C(=O)C1C(=O)CCCC1=O. The Labute approximate surface area is 142 Å². The van der Waals surface area contributed by atoms with E-state index in [1.165, 1.54) is 0 Å². The number of hydrogen-bond acceptors (Lipinski definition) is 5. The number of halogens is 3. The van der Waals surface area contributed by atoms with Gasteiger partial charge in [0.15, 0.2) is 27.2 Å². The molecule has 0 atom stereocenters. The first-order valence-electron chi connectivity index (χ1n) is 7.37. The van der Waals surface area contributed by atoms with E-state index in [4.69, 9.17) is 0 Å². The van der Waals surface area contributed by atoms with Gasteiger partial charge in [-0.25, -0.2) is 8.42 Å². The van der Waals surface area contributed by atoms with Crippen LogP contribution in [0.4, 0.5) is 13.2 Å². The van der Waals surface area contributed by atoms with Gasteiger partial charge >= 0.3 is 6.18 Å². The minimum Gasteiger partial charge on any atom is -0.298 e. The van der Waals surface area contributed by atoms with E-state index < -0.39 is 50.6 Å². The Balaban J connectivity index is 2.53. The van der Waals surface area contributed by atoms with Crippen LogP contribution in [-0.4, -0.2) is 32.0 Å². The lowest BCUT2D eigenvalue weighted by Crippen LogP contribution is -2.35. The second-order valence-corrected chi connectivity index (χ2v) is 8.16. The van der Waals surface area contributed by atoms with Gasteiger partial charge in [-0.05, 0) is 24.1 Å². The molecule has 1 aromatic rings. The monoisotopic (exact) mass is 376 g/mol. The first-order chi connectivity index (χ1) is 11.4. The normalized spacial score (nSPS) is 17.0. The Morgan fingerprint density at radius 1 is 1.16 bits per heavy atom. The molecule has 0 amide bonds. The molecule has 2 rings (SSSR count). The maximum Gasteiger partial charge on any atom is 0.416 e. The second kappa shape index (κ2) is 6.70. The Morgan fingerprint density at radius 2 is 1.72 bits per heavy atom. The maximum atomic E-state index is 12.9. The molecule has 0 saturated heterocycles. The van der Waals surface area contributed by atoms with Crippen LogP contribution in [0.1, 0.15) is 40.7 Å². The van der Waals surface area contributed by atoms with Crippen molar-refractivity contribution in [3.8, 4) is 0 Å². The molecule has 0 aliphatic heterocycles. The fraction of sp³-hybridized carbons (Fsp3) is 0.438. The highest BCUT2D eigenvalue weighted by atomic mass is 32.2. The molecule has 0 spiro atoms. The molecule has 1 fully saturated rings. The molecule has 9 heteroatoms. The number of sulfone groups is 1. The zero-order chi connectivity index (χ0) is 19.0. The van der Waals surface area contributed by atoms with E-state index in [9.17, 15) is 36.0 Å². The average Bonchev–Trinajstić information content (AvgIpc) is 2.44. The molecule has 1 saturated carbocycles. The lowest BCUT2D eigenvalue weighted by Gasteiger charge is -2.20. The number of hydrogen-bond donors (Lipinski definition) is 0. The quantitative estimate of drug-likeness (QED) is 0.595. The van der Waals surface area contributed by atoms with Crippen LogP contribution < -0.4 is 0 Å². The van der Waals surface area contributed by atoms with Gasteiger partial charge in [0.2, 0.25) is 0 Å². The molecule has 1 aliphatic rings. The van der Waals surface area contributed by atoms with Crippen molar-refractivity contribution in [2.75, 3.05) is 6.26 Å². The van der Waals surface area contributed by atoms with Gasteiger partial charge in [-0.2, -0.15) is 13.2 Å². The van der Waals surface area contributed by atoms with Crippen LogP contribution in [0.2, 0.25) is 0 Å². The Kier molecular flexibility index (Phi) is 5.17. The summed E-state index contributed by atoms with van der Waals surface area (Å²) in [7, 11) is -3.74. The van der Waals surface area contributed by atoms with Crippen LogP contribution in [-0.2, 0) is 31.4 Å². The molecule has 1 aromatic carbocycles. The third-order valence-electron chi connectivity index (χ3n) is 3.87. The minimum atomic E-state index is -4.72. The predicted molar refractivity (Wildman–Crippen MR) is 81.7 cm³/mol. The summed E-state index contributed by atoms with van der Waals surface area (Å²) in [6.07, 6.45) is -3.51. The Hall–Kier alpha value is -2.03. The third kappa shape index (κ3) is 4.53. The number of Topliss-reactive ketones (excluding diaryl/α,β-unsaturated/α-hetero) is 3. The fourth-order valence-electron chi connectivity index (χ4n) is 2.77. The largest absolute Gasteiger partial charge is 0.416 e. The molecule has 0 radical (unpaired) electrons. The van der Waals surface area contributed by atoms with Crippen molar-refractivity contribution < 1.29 is 36.0 Å². The molecule has 5 nitrogen and oxygen atoms in total. The number of benzene rings is 1. The lowest BCUT2D eigenvalue weighted by molar-refractivity contribution is -0.138. The topological polar surface area (TPSA) is 85.3 Å². The second-order valence-electron chi connectivity index (χ2n) is 6.02. The van der Waals surface area contributed by atoms with Gasteiger partial charge in [-0.15, -0.1) is 0 Å². The Morgan fingerprint density at radius 3 is 2.20 bits per heavy atom. The van der Waals surface area contributed by atoms with Crippen molar-refractivity contribution >= 4 is 27.2 Å². The van der Waals surface area contributed by atoms with E-state index in [2.05, 4.69) is 0 Å². The standard InChI is InChI=1S/C16H15F3O5S/c1-25(23,24)8-9-7-10(16(17,18)19)5-6-11(9)15(22)14-12(20)3-2-4-13(14)21/h5-7,14H,2-4,8H2,1H3. The number of ketones is 3. The molecular weight excluding hydrogens is 361 g/mol. The number of carbonyl (C=O) groups excluding carboxylic acids is 3. The maximum absolute atomic E-state index is 12.9. The summed E-state index contributed by atoms with van der Waals surface area (Å²) < 4.78 is 61.6. The van der Waals surface area contributed by atoms with Gasteiger partial charge in [0.1, 0.15) is 5.92 Å². The summed E-state index contributed by atoms with van der Waals surface area (Å²) in [6, 6.07) is 2.05. The van der Waals surface area contributed by atoms with Crippen LogP contribution in [0.3, 0.4) is 0 Å². The fourth-order valence-corrected chi connectivity index (χ4v) is 3.57. The summed E-state index contributed by atoms with van der Waals surface area (Å²) in [5.41, 5.74) is -1.82. The molecule has 0 aromatic heterocycles. The highest BCUT2D eigenvalue weighted by molar-refractivity contribution is 7.89. The van der Waals surface area contributed by atoms with E-state index in [0.29, 0.717) is 18.6 Å². The molecule has 0 unspecified atom stereocenters. The summed E-state index contributed by atoms with van der Waals surface area (Å²) >= 11 is 0. The van der Waals surface area contributed by atoms with Crippen molar-refractivity contribution in [2.45, 2.75) is 31.2 Å². The van der Waals surface area contributed by atoms with Crippen molar-refractivity contribution in [1.29, 1.82) is 0 Å². The highest BCUT2D eigenvalue weighted by Crippen LogP contribution is 2.32. The zero-order valence-electron chi connectivity index (χ0n) is 13.2. The summed E-state index contributed by atoms with van der Waals surface area (Å²) in [4.78, 5) is 36.4. The molecule has 1 aliphatic carbocycles. The van der Waals surface area contributed by atoms with Crippen molar-refractivity contribution in [1.82, 2.24) is 0 Å². The Bertz CT molecular complexity index is 824. The zero-order valence-corrected chi connectivity index (χ0v) is 14.0. The van der Waals surface area contributed by atoms with E-state index in [0.717, 1.165) is 12.3 Å². The summed E-state index contributed by atoms with van der Waals surface area (Å²) in [5.74, 6) is -4.49. The van der Waals surface area contributed by atoms with E-state index in [1.807, 2.05) is 0 Å². The highest BCUT2D eigenvalue weighted by Gasteiger charge is 2.38. The van der Waals surface area contributed by atoms with Gasteiger partial charge in [0, 0.05) is 24.7 Å². The molecule has 0 bridgehead atoms. The number of rotatable bonds is 4. The number of carbonyl (C=O) groups is 3. The summed E-state index contributed by atoms with van der Waals surface area (Å²) in [6.45, 7) is 0.